The Kier molecular flexibility index (Phi) is 3.62. The van der Waals surface area contributed by atoms with E-state index < -0.39 is 0 Å². The molecule has 0 unspecified atom stereocenters. The Balaban J connectivity index is 1.88. The fourth-order valence-electron chi connectivity index (χ4n) is 2.26. The second-order valence-corrected chi connectivity index (χ2v) is 5.62. The molecule has 2 heterocycles. The Bertz CT molecular complexity index is 794. The molecule has 0 aliphatic heterocycles. The number of nitrogens with zero attached hydrogens (tertiary/aromatic N) is 4. The van der Waals surface area contributed by atoms with Crippen molar-refractivity contribution in [1.82, 2.24) is 19.5 Å². The van der Waals surface area contributed by atoms with E-state index in [0.717, 1.165) is 27.9 Å². The zero-order valence-corrected chi connectivity index (χ0v) is 12.6. The molecule has 2 aromatic heterocycles. The Hall–Kier alpha value is -2.34. The van der Waals surface area contributed by atoms with E-state index >= 15 is 0 Å². The van der Waals surface area contributed by atoms with Crippen LogP contribution in [0.5, 0.6) is 0 Å². The minimum absolute atomic E-state index is 0.0476. The average molecular weight is 298 g/mol. The number of aryl methyl sites for hydroxylation is 1. The van der Waals surface area contributed by atoms with E-state index in [0.29, 0.717) is 17.1 Å². The normalized spacial score (nSPS) is 10.8. The number of rotatable bonds is 3. The van der Waals surface area contributed by atoms with Gasteiger partial charge in [0.05, 0.1) is 5.69 Å². The van der Waals surface area contributed by atoms with E-state index in [1.165, 1.54) is 0 Å². The van der Waals surface area contributed by atoms with Crippen molar-refractivity contribution in [2.24, 2.45) is 0 Å². The Morgan fingerprint density at radius 2 is 2.19 bits per heavy atom. The van der Waals surface area contributed by atoms with Gasteiger partial charge in [0.15, 0.2) is 0 Å². The van der Waals surface area contributed by atoms with E-state index in [9.17, 15) is 4.79 Å². The van der Waals surface area contributed by atoms with Crippen molar-refractivity contribution in [2.75, 3.05) is 7.05 Å². The van der Waals surface area contributed by atoms with Gasteiger partial charge >= 0.3 is 0 Å². The van der Waals surface area contributed by atoms with Crippen LogP contribution >= 0.6 is 11.5 Å². The van der Waals surface area contributed by atoms with Gasteiger partial charge < -0.3 is 4.90 Å². The molecule has 0 atom stereocenters. The number of amides is 1. The van der Waals surface area contributed by atoms with Crippen molar-refractivity contribution >= 4 is 28.2 Å². The van der Waals surface area contributed by atoms with Crippen LogP contribution in [0.3, 0.4) is 0 Å². The van der Waals surface area contributed by atoms with Crippen LogP contribution in [0.15, 0.2) is 36.7 Å². The first-order valence-electron chi connectivity index (χ1n) is 6.53. The van der Waals surface area contributed by atoms with E-state index in [1.807, 2.05) is 30.5 Å². The first-order chi connectivity index (χ1) is 10.2. The molecule has 0 aliphatic carbocycles. The third-order valence-electron chi connectivity index (χ3n) is 3.37. The number of carbonyl (C=O) groups is 1. The van der Waals surface area contributed by atoms with Gasteiger partial charge in [0.2, 0.25) is 0 Å². The summed E-state index contributed by atoms with van der Waals surface area (Å²) in [4.78, 5) is 18.8. The van der Waals surface area contributed by atoms with Gasteiger partial charge in [-0.25, -0.2) is 0 Å². The molecule has 21 heavy (non-hydrogen) atoms. The van der Waals surface area contributed by atoms with Crippen LogP contribution < -0.4 is 0 Å². The number of benzene rings is 1. The molecular weight excluding hydrogens is 284 g/mol. The third-order valence-corrected chi connectivity index (χ3v) is 4.19. The molecular formula is C15H14N4OS. The maximum absolute atomic E-state index is 12.4. The fourth-order valence-corrected chi connectivity index (χ4v) is 2.91. The van der Waals surface area contributed by atoms with Crippen molar-refractivity contribution in [1.29, 1.82) is 0 Å². The van der Waals surface area contributed by atoms with Gasteiger partial charge in [-0.2, -0.15) is 0 Å². The van der Waals surface area contributed by atoms with E-state index in [2.05, 4.69) is 14.6 Å². The van der Waals surface area contributed by atoms with Gasteiger partial charge in [0.1, 0.15) is 4.88 Å². The second kappa shape index (κ2) is 5.57. The van der Waals surface area contributed by atoms with Crippen LogP contribution in [0.4, 0.5) is 0 Å². The summed E-state index contributed by atoms with van der Waals surface area (Å²) in [6.45, 7) is 2.34. The molecule has 1 amide bonds. The molecule has 0 saturated heterocycles. The van der Waals surface area contributed by atoms with Gasteiger partial charge in [0.25, 0.3) is 5.91 Å². The summed E-state index contributed by atoms with van der Waals surface area (Å²) in [5, 5.41) is 6.08. The smallest absolute Gasteiger partial charge is 0.267 e. The van der Waals surface area contributed by atoms with Crippen molar-refractivity contribution in [3.63, 3.8) is 0 Å². The highest BCUT2D eigenvalue weighted by Gasteiger charge is 2.18. The maximum Gasteiger partial charge on any atom is 0.267 e. The standard InChI is InChI=1S/C15H14N4OS/c1-10-14(21-18-17-10)15(20)19(2)9-12-5-3-4-11-8-16-7-6-13(11)12/h3-8H,9H2,1-2H3. The lowest BCUT2D eigenvalue weighted by Crippen LogP contribution is -2.26. The summed E-state index contributed by atoms with van der Waals surface area (Å²) < 4.78 is 3.82. The van der Waals surface area contributed by atoms with Gasteiger partial charge in [-0.15, -0.1) is 5.10 Å². The molecule has 106 valence electrons. The van der Waals surface area contributed by atoms with Crippen molar-refractivity contribution in [3.05, 3.63) is 52.8 Å². The van der Waals surface area contributed by atoms with Gasteiger partial charge in [0, 0.05) is 31.4 Å². The molecule has 0 radical (unpaired) electrons. The molecule has 1 aromatic carbocycles. The highest BCUT2D eigenvalue weighted by Crippen LogP contribution is 2.20. The van der Waals surface area contributed by atoms with E-state index in [1.54, 1.807) is 25.1 Å². The van der Waals surface area contributed by atoms with Gasteiger partial charge in [-0.3, -0.25) is 9.78 Å². The number of pyridine rings is 1. The van der Waals surface area contributed by atoms with Gasteiger partial charge in [-0.1, -0.05) is 22.7 Å². The zero-order chi connectivity index (χ0) is 14.8. The third kappa shape index (κ3) is 2.62. The van der Waals surface area contributed by atoms with Crippen LogP contribution in [-0.2, 0) is 6.54 Å². The lowest BCUT2D eigenvalue weighted by molar-refractivity contribution is 0.0789. The summed E-state index contributed by atoms with van der Waals surface area (Å²) in [6, 6.07) is 8.01. The van der Waals surface area contributed by atoms with Crippen LogP contribution in [0.25, 0.3) is 10.8 Å². The first-order valence-corrected chi connectivity index (χ1v) is 7.30. The summed E-state index contributed by atoms with van der Waals surface area (Å²) in [5.74, 6) is -0.0476. The number of aromatic nitrogens is 3. The molecule has 0 saturated carbocycles. The molecule has 3 aromatic rings. The summed E-state index contributed by atoms with van der Waals surface area (Å²) in [5.41, 5.74) is 1.78. The molecule has 5 nitrogen and oxygen atoms in total. The van der Waals surface area contributed by atoms with Crippen LogP contribution in [0, 0.1) is 6.92 Å². The SMILES string of the molecule is Cc1nnsc1C(=O)N(C)Cc1cccc2cnccc12. The predicted molar refractivity (Wildman–Crippen MR) is 82.2 cm³/mol. The molecule has 0 N–H and O–H groups in total. The molecule has 0 aliphatic rings. The molecule has 0 spiro atoms. The number of hydrogen-bond acceptors (Lipinski definition) is 5. The van der Waals surface area contributed by atoms with E-state index in [-0.39, 0.29) is 5.91 Å². The van der Waals surface area contributed by atoms with E-state index in [4.69, 9.17) is 0 Å². The number of fused-ring (bicyclic) bond motifs is 1. The minimum Gasteiger partial charge on any atom is -0.337 e. The highest BCUT2D eigenvalue weighted by molar-refractivity contribution is 7.07. The monoisotopic (exact) mass is 298 g/mol. The number of carbonyl (C=O) groups excluding carboxylic acids is 1. The zero-order valence-electron chi connectivity index (χ0n) is 11.8. The highest BCUT2D eigenvalue weighted by atomic mass is 32.1. The first kappa shape index (κ1) is 13.6. The lowest BCUT2D eigenvalue weighted by Gasteiger charge is -2.17. The van der Waals surface area contributed by atoms with Crippen molar-refractivity contribution in [3.8, 4) is 0 Å². The number of hydrogen-bond donors (Lipinski definition) is 0. The van der Waals surface area contributed by atoms with Crippen molar-refractivity contribution in [2.45, 2.75) is 13.5 Å². The summed E-state index contributed by atoms with van der Waals surface area (Å²) >= 11 is 1.14. The average Bonchev–Trinajstić information content (AvgIpc) is 2.93. The molecule has 0 fully saturated rings. The molecule has 6 heteroatoms. The van der Waals surface area contributed by atoms with Gasteiger partial charge in [-0.05, 0) is 35.5 Å². The Labute approximate surface area is 126 Å². The minimum atomic E-state index is -0.0476. The Morgan fingerprint density at radius 1 is 1.33 bits per heavy atom. The molecule has 3 rings (SSSR count). The largest absolute Gasteiger partial charge is 0.337 e. The fraction of sp³-hybridized carbons (Fsp3) is 0.200. The van der Waals surface area contributed by atoms with Crippen LogP contribution in [0.2, 0.25) is 0 Å². The van der Waals surface area contributed by atoms with Crippen LogP contribution in [0.1, 0.15) is 20.9 Å². The van der Waals surface area contributed by atoms with Crippen LogP contribution in [-0.4, -0.2) is 32.4 Å². The molecule has 0 bridgehead atoms. The van der Waals surface area contributed by atoms with Crippen molar-refractivity contribution < 1.29 is 4.79 Å². The summed E-state index contributed by atoms with van der Waals surface area (Å²) in [7, 11) is 1.79. The summed E-state index contributed by atoms with van der Waals surface area (Å²) in [6.07, 6.45) is 3.60. The quantitative estimate of drug-likeness (QED) is 0.746. The topological polar surface area (TPSA) is 59.0 Å². The Morgan fingerprint density at radius 3 is 2.95 bits per heavy atom. The predicted octanol–water partition coefficient (Wildman–Crippen LogP) is 2.67. The lowest BCUT2D eigenvalue weighted by atomic mass is 10.1. The second-order valence-electron chi connectivity index (χ2n) is 4.86. The maximum atomic E-state index is 12.4.